The number of ether oxygens (including phenoxy) is 3. The first-order chi connectivity index (χ1) is 14.2. The molecule has 0 aliphatic heterocycles. The van der Waals surface area contributed by atoms with Crippen molar-refractivity contribution in [2.75, 3.05) is 19.0 Å². The van der Waals surface area contributed by atoms with Crippen molar-refractivity contribution >= 4 is 29.3 Å². The number of carboxylic acid groups (broad SMARTS) is 1. The molecule has 1 unspecified atom stereocenters. The first-order valence-corrected chi connectivity index (χ1v) is 10.3. The van der Waals surface area contributed by atoms with Gasteiger partial charge in [0.15, 0.2) is 0 Å². The summed E-state index contributed by atoms with van der Waals surface area (Å²) in [4.78, 5) is 11.6. The molecule has 1 atom stereocenters. The second-order valence-corrected chi connectivity index (χ2v) is 7.52. The van der Waals surface area contributed by atoms with E-state index in [1.54, 1.807) is 18.2 Å². The minimum absolute atomic E-state index is 0.104. The fourth-order valence-electron chi connectivity index (χ4n) is 2.44. The predicted octanol–water partition coefficient (Wildman–Crippen LogP) is 5.44. The second-order valence-electron chi connectivity index (χ2n) is 6.05. The molecule has 0 bridgehead atoms. The molecule has 0 fully saturated rings. The van der Waals surface area contributed by atoms with Crippen LogP contribution >= 0.6 is 23.4 Å². The van der Waals surface area contributed by atoms with Crippen LogP contribution in [0.1, 0.15) is 12.5 Å². The quantitative estimate of drug-likeness (QED) is 0.447. The summed E-state index contributed by atoms with van der Waals surface area (Å²) in [5, 5.41) is 9.30. The zero-order valence-corrected chi connectivity index (χ0v) is 17.5. The maximum absolute atomic E-state index is 12.2. The van der Waals surface area contributed by atoms with Crippen molar-refractivity contribution in [1.82, 2.24) is 0 Å². The average Bonchev–Trinajstić information content (AvgIpc) is 2.64. The van der Waals surface area contributed by atoms with Crippen molar-refractivity contribution in [2.45, 2.75) is 30.7 Å². The lowest BCUT2D eigenvalue weighted by atomic mass is 10.1. The van der Waals surface area contributed by atoms with Crippen molar-refractivity contribution in [1.29, 1.82) is 0 Å². The minimum Gasteiger partial charge on any atom is -0.491 e. The van der Waals surface area contributed by atoms with E-state index in [2.05, 4.69) is 4.74 Å². The lowest BCUT2D eigenvalue weighted by molar-refractivity contribution is -0.274. The fraction of sp³-hybridized carbons (Fsp3) is 0.350. The molecule has 30 heavy (non-hydrogen) atoms. The molecule has 0 heterocycles. The molecule has 0 spiro atoms. The smallest absolute Gasteiger partial charge is 0.491 e. The molecule has 0 radical (unpaired) electrons. The van der Waals surface area contributed by atoms with Gasteiger partial charge >= 0.3 is 12.3 Å². The third-order valence-electron chi connectivity index (χ3n) is 3.67. The van der Waals surface area contributed by atoms with E-state index in [-0.39, 0.29) is 24.9 Å². The van der Waals surface area contributed by atoms with Gasteiger partial charge in [-0.05, 0) is 48.9 Å². The summed E-state index contributed by atoms with van der Waals surface area (Å²) in [6, 6.07) is 10.2. The molecule has 0 aromatic heterocycles. The first-order valence-electron chi connectivity index (χ1n) is 8.89. The maximum Gasteiger partial charge on any atom is 0.573 e. The Morgan fingerprint density at radius 1 is 1.17 bits per heavy atom. The second kappa shape index (κ2) is 11.3. The van der Waals surface area contributed by atoms with Gasteiger partial charge in [-0.15, -0.1) is 24.9 Å². The van der Waals surface area contributed by atoms with E-state index in [4.69, 9.17) is 26.2 Å². The van der Waals surface area contributed by atoms with Crippen LogP contribution in [-0.2, 0) is 16.0 Å². The van der Waals surface area contributed by atoms with Crippen LogP contribution in [0, 0.1) is 0 Å². The molecule has 0 aliphatic rings. The monoisotopic (exact) mass is 464 g/mol. The van der Waals surface area contributed by atoms with Gasteiger partial charge in [-0.1, -0.05) is 17.7 Å². The standard InChI is InChI=1S/C20H20ClF3O5S/c1-2-27-16(11-28-14-4-6-15(7-5-14)29-20(22,23)24)12-30-18-8-3-13(9-17(18)21)10-19(25)26/h3-9,16H,2,10-12H2,1H3,(H,25,26). The van der Waals surface area contributed by atoms with Gasteiger partial charge in [0.05, 0.1) is 11.4 Å². The van der Waals surface area contributed by atoms with Crippen molar-refractivity contribution in [3.8, 4) is 11.5 Å². The van der Waals surface area contributed by atoms with Gasteiger partial charge < -0.3 is 19.3 Å². The molecular weight excluding hydrogens is 445 g/mol. The summed E-state index contributed by atoms with van der Waals surface area (Å²) in [6.45, 7) is 2.49. The number of rotatable bonds is 11. The van der Waals surface area contributed by atoms with Crippen LogP contribution in [0.25, 0.3) is 0 Å². The minimum atomic E-state index is -4.74. The number of aliphatic carboxylic acids is 1. The van der Waals surface area contributed by atoms with E-state index in [1.165, 1.54) is 36.0 Å². The Labute approximate surface area is 181 Å². The number of carbonyl (C=O) groups is 1. The average molecular weight is 465 g/mol. The van der Waals surface area contributed by atoms with Crippen molar-refractivity contribution in [3.63, 3.8) is 0 Å². The van der Waals surface area contributed by atoms with Crippen molar-refractivity contribution < 1.29 is 37.3 Å². The summed E-state index contributed by atoms with van der Waals surface area (Å²) in [6.07, 6.45) is -5.14. The van der Waals surface area contributed by atoms with Crippen molar-refractivity contribution in [2.24, 2.45) is 0 Å². The van der Waals surface area contributed by atoms with E-state index < -0.39 is 12.3 Å². The Morgan fingerprint density at radius 3 is 2.40 bits per heavy atom. The Kier molecular flexibility index (Phi) is 9.13. The highest BCUT2D eigenvalue weighted by atomic mass is 35.5. The highest BCUT2D eigenvalue weighted by molar-refractivity contribution is 7.99. The number of hydrogen-bond acceptors (Lipinski definition) is 5. The number of benzene rings is 2. The predicted molar refractivity (Wildman–Crippen MR) is 108 cm³/mol. The van der Waals surface area contributed by atoms with Gasteiger partial charge in [0, 0.05) is 17.3 Å². The van der Waals surface area contributed by atoms with Gasteiger partial charge in [0.25, 0.3) is 0 Å². The highest BCUT2D eigenvalue weighted by Crippen LogP contribution is 2.30. The topological polar surface area (TPSA) is 65.0 Å². The van der Waals surface area contributed by atoms with Crippen LogP contribution in [0.3, 0.4) is 0 Å². The molecule has 1 N–H and O–H groups in total. The van der Waals surface area contributed by atoms with Gasteiger partial charge in [0.1, 0.15) is 24.2 Å². The molecule has 0 saturated heterocycles. The number of halogens is 4. The molecule has 2 rings (SSSR count). The van der Waals surface area contributed by atoms with Crippen LogP contribution in [-0.4, -0.2) is 42.5 Å². The lowest BCUT2D eigenvalue weighted by Gasteiger charge is -2.18. The third-order valence-corrected chi connectivity index (χ3v) is 5.30. The highest BCUT2D eigenvalue weighted by Gasteiger charge is 2.31. The van der Waals surface area contributed by atoms with Crippen molar-refractivity contribution in [3.05, 3.63) is 53.1 Å². The number of thioether (sulfide) groups is 1. The summed E-state index contributed by atoms with van der Waals surface area (Å²) >= 11 is 7.67. The summed E-state index contributed by atoms with van der Waals surface area (Å²) < 4.78 is 51.7. The molecule has 2 aromatic rings. The summed E-state index contributed by atoms with van der Waals surface area (Å²) in [5.41, 5.74) is 0.611. The van der Waals surface area contributed by atoms with E-state index in [0.717, 1.165) is 4.90 Å². The molecule has 0 aliphatic carbocycles. The van der Waals surface area contributed by atoms with E-state index >= 15 is 0 Å². The van der Waals surface area contributed by atoms with Gasteiger partial charge in [-0.25, -0.2) is 0 Å². The SMILES string of the molecule is CCOC(COc1ccc(OC(F)(F)F)cc1)CSc1ccc(CC(=O)O)cc1Cl. The van der Waals surface area contributed by atoms with E-state index in [0.29, 0.717) is 28.7 Å². The summed E-state index contributed by atoms with van der Waals surface area (Å²) in [7, 11) is 0. The Balaban J connectivity index is 1.89. The summed E-state index contributed by atoms with van der Waals surface area (Å²) in [5.74, 6) is -0.359. The largest absolute Gasteiger partial charge is 0.573 e. The normalized spacial score (nSPS) is 12.4. The number of carboxylic acids is 1. The zero-order valence-electron chi connectivity index (χ0n) is 15.9. The Hall–Kier alpha value is -2.10. The first kappa shape index (κ1) is 24.2. The van der Waals surface area contributed by atoms with Gasteiger partial charge in [0.2, 0.25) is 0 Å². The van der Waals surface area contributed by atoms with Gasteiger partial charge in [-0.2, -0.15) is 0 Å². The lowest BCUT2D eigenvalue weighted by Crippen LogP contribution is -2.24. The van der Waals surface area contributed by atoms with Crippen LogP contribution in [0.2, 0.25) is 5.02 Å². The van der Waals surface area contributed by atoms with E-state index in [9.17, 15) is 18.0 Å². The molecule has 0 saturated carbocycles. The Morgan fingerprint density at radius 2 is 1.83 bits per heavy atom. The molecule has 2 aromatic carbocycles. The number of hydrogen-bond donors (Lipinski definition) is 1. The third kappa shape index (κ3) is 8.73. The van der Waals surface area contributed by atoms with Crippen LogP contribution in [0.4, 0.5) is 13.2 Å². The van der Waals surface area contributed by atoms with E-state index in [1.807, 2.05) is 6.92 Å². The van der Waals surface area contributed by atoms with Crippen LogP contribution in [0.5, 0.6) is 11.5 Å². The van der Waals surface area contributed by atoms with Crippen LogP contribution in [0.15, 0.2) is 47.4 Å². The number of alkyl halides is 3. The van der Waals surface area contributed by atoms with Gasteiger partial charge in [-0.3, -0.25) is 4.79 Å². The molecule has 5 nitrogen and oxygen atoms in total. The fourth-order valence-corrected chi connectivity index (χ4v) is 3.72. The molecule has 10 heteroatoms. The Bertz CT molecular complexity index is 830. The van der Waals surface area contributed by atoms with Crippen LogP contribution < -0.4 is 9.47 Å². The molecular formula is C20H20ClF3O5S. The zero-order chi connectivity index (χ0) is 22.1. The maximum atomic E-state index is 12.2. The molecule has 0 amide bonds. The molecule has 164 valence electrons.